The number of carbonyl (C=O) groups is 1. The highest BCUT2D eigenvalue weighted by Crippen LogP contribution is 2.27. The van der Waals surface area contributed by atoms with Gasteiger partial charge in [0.05, 0.1) is 0 Å². The van der Waals surface area contributed by atoms with Gasteiger partial charge < -0.3 is 10.2 Å². The molecular formula is C11H12F3N3O. The van der Waals surface area contributed by atoms with Gasteiger partial charge in [-0.2, -0.15) is 13.2 Å². The molecule has 0 spiro atoms. The third kappa shape index (κ3) is 2.79. The lowest BCUT2D eigenvalue weighted by molar-refractivity contribution is -0.141. The topological polar surface area (TPSA) is 45.2 Å². The maximum Gasteiger partial charge on any atom is 0.433 e. The summed E-state index contributed by atoms with van der Waals surface area (Å²) in [6.07, 6.45) is -4.53. The number of hydrogen-bond acceptors (Lipinski definition) is 3. The largest absolute Gasteiger partial charge is 0.433 e. The first kappa shape index (κ1) is 12.8. The van der Waals surface area contributed by atoms with Crippen molar-refractivity contribution in [1.29, 1.82) is 0 Å². The average molecular weight is 259 g/mol. The van der Waals surface area contributed by atoms with E-state index in [0.717, 1.165) is 6.07 Å². The molecule has 1 saturated heterocycles. The van der Waals surface area contributed by atoms with Crippen molar-refractivity contribution in [3.05, 3.63) is 29.6 Å². The summed E-state index contributed by atoms with van der Waals surface area (Å²) in [5, 5.41) is 3.06. The molecule has 0 radical (unpaired) electrons. The summed E-state index contributed by atoms with van der Waals surface area (Å²) in [5.41, 5.74) is -1.20. The van der Waals surface area contributed by atoms with Crippen LogP contribution in [0.15, 0.2) is 18.2 Å². The number of nitrogens with zero attached hydrogens (tertiary/aromatic N) is 2. The van der Waals surface area contributed by atoms with Crippen LogP contribution in [0.4, 0.5) is 13.2 Å². The van der Waals surface area contributed by atoms with Gasteiger partial charge >= 0.3 is 6.18 Å². The van der Waals surface area contributed by atoms with Crippen LogP contribution in [-0.4, -0.2) is 42.0 Å². The number of aromatic nitrogens is 1. The minimum absolute atomic E-state index is 0.160. The molecule has 7 heteroatoms. The van der Waals surface area contributed by atoms with Crippen molar-refractivity contribution in [1.82, 2.24) is 15.2 Å². The summed E-state index contributed by atoms with van der Waals surface area (Å²) >= 11 is 0. The monoisotopic (exact) mass is 259 g/mol. The van der Waals surface area contributed by atoms with Gasteiger partial charge in [-0.25, -0.2) is 4.98 Å². The van der Waals surface area contributed by atoms with Gasteiger partial charge in [0.15, 0.2) is 0 Å². The van der Waals surface area contributed by atoms with E-state index in [1.165, 1.54) is 17.0 Å². The van der Waals surface area contributed by atoms with Crippen molar-refractivity contribution in [3.8, 4) is 0 Å². The first-order valence-electron chi connectivity index (χ1n) is 5.53. The molecule has 98 valence electrons. The molecule has 4 nitrogen and oxygen atoms in total. The van der Waals surface area contributed by atoms with Crippen LogP contribution in [0.25, 0.3) is 0 Å². The summed E-state index contributed by atoms with van der Waals surface area (Å²) in [6, 6.07) is 3.36. The molecule has 2 rings (SSSR count). The molecule has 1 N–H and O–H groups in total. The van der Waals surface area contributed by atoms with E-state index in [4.69, 9.17) is 0 Å². The molecule has 1 aromatic rings. The first-order chi connectivity index (χ1) is 8.48. The van der Waals surface area contributed by atoms with Crippen LogP contribution in [0.2, 0.25) is 0 Å². The quantitative estimate of drug-likeness (QED) is 0.822. The van der Waals surface area contributed by atoms with E-state index in [9.17, 15) is 18.0 Å². The number of rotatable bonds is 1. The second-order valence-electron chi connectivity index (χ2n) is 3.95. The summed E-state index contributed by atoms with van der Waals surface area (Å²) in [5.74, 6) is -0.456. The molecular weight excluding hydrogens is 247 g/mol. The fourth-order valence-corrected chi connectivity index (χ4v) is 1.74. The first-order valence-corrected chi connectivity index (χ1v) is 5.53. The Balaban J connectivity index is 2.20. The zero-order chi connectivity index (χ0) is 13.2. The Morgan fingerprint density at radius 3 is 2.56 bits per heavy atom. The number of nitrogens with one attached hydrogen (secondary N) is 1. The maximum atomic E-state index is 12.5. The Morgan fingerprint density at radius 1 is 1.28 bits per heavy atom. The summed E-state index contributed by atoms with van der Waals surface area (Å²) < 4.78 is 37.4. The number of piperazine rings is 1. The number of amides is 1. The van der Waals surface area contributed by atoms with Gasteiger partial charge in [0.2, 0.25) is 0 Å². The fraction of sp³-hybridized carbons (Fsp3) is 0.455. The Labute approximate surface area is 102 Å². The molecule has 0 aromatic carbocycles. The molecule has 1 fully saturated rings. The molecule has 0 atom stereocenters. The van der Waals surface area contributed by atoms with Gasteiger partial charge in [-0.3, -0.25) is 4.79 Å². The molecule has 1 aliphatic heterocycles. The van der Waals surface area contributed by atoms with Crippen molar-refractivity contribution < 1.29 is 18.0 Å². The summed E-state index contributed by atoms with van der Waals surface area (Å²) in [6.45, 7) is 2.25. The predicted octanol–water partition coefficient (Wildman–Crippen LogP) is 1.15. The zero-order valence-corrected chi connectivity index (χ0v) is 9.50. The van der Waals surface area contributed by atoms with Gasteiger partial charge in [-0.05, 0) is 12.1 Å². The number of halogens is 3. The minimum Gasteiger partial charge on any atom is -0.335 e. The molecule has 0 aliphatic carbocycles. The van der Waals surface area contributed by atoms with Crippen molar-refractivity contribution in [3.63, 3.8) is 0 Å². The van der Waals surface area contributed by atoms with E-state index in [2.05, 4.69) is 10.3 Å². The van der Waals surface area contributed by atoms with E-state index in [1.807, 2.05) is 0 Å². The van der Waals surface area contributed by atoms with Gasteiger partial charge in [-0.15, -0.1) is 0 Å². The zero-order valence-electron chi connectivity index (χ0n) is 9.50. The molecule has 1 aromatic heterocycles. The number of hydrogen-bond donors (Lipinski definition) is 1. The Morgan fingerprint density at radius 2 is 1.94 bits per heavy atom. The predicted molar refractivity (Wildman–Crippen MR) is 58.0 cm³/mol. The Bertz CT molecular complexity index is 441. The standard InChI is InChI=1S/C11H12F3N3O/c12-11(13,14)9-3-1-2-8(16-9)10(18)17-6-4-15-5-7-17/h1-3,15H,4-7H2. The van der Waals surface area contributed by atoms with Gasteiger partial charge in [0, 0.05) is 26.2 Å². The van der Waals surface area contributed by atoms with Crippen molar-refractivity contribution >= 4 is 5.91 Å². The Hall–Kier alpha value is -1.63. The van der Waals surface area contributed by atoms with Crippen LogP contribution in [0, 0.1) is 0 Å². The highest BCUT2D eigenvalue weighted by Gasteiger charge is 2.33. The van der Waals surface area contributed by atoms with Crippen molar-refractivity contribution in [2.24, 2.45) is 0 Å². The highest BCUT2D eigenvalue weighted by molar-refractivity contribution is 5.92. The highest BCUT2D eigenvalue weighted by atomic mass is 19.4. The van der Waals surface area contributed by atoms with Crippen LogP contribution in [0.5, 0.6) is 0 Å². The van der Waals surface area contributed by atoms with E-state index >= 15 is 0 Å². The van der Waals surface area contributed by atoms with E-state index in [-0.39, 0.29) is 5.69 Å². The lowest BCUT2D eigenvalue weighted by Gasteiger charge is -2.27. The van der Waals surface area contributed by atoms with Crippen molar-refractivity contribution in [2.75, 3.05) is 26.2 Å². The summed E-state index contributed by atoms with van der Waals surface area (Å²) in [4.78, 5) is 16.8. The molecule has 1 amide bonds. The second-order valence-corrected chi connectivity index (χ2v) is 3.95. The molecule has 1 aliphatic rings. The number of pyridine rings is 1. The minimum atomic E-state index is -4.53. The third-order valence-corrected chi connectivity index (χ3v) is 2.66. The van der Waals surface area contributed by atoms with E-state index < -0.39 is 17.8 Å². The van der Waals surface area contributed by atoms with E-state index in [0.29, 0.717) is 26.2 Å². The van der Waals surface area contributed by atoms with Crippen LogP contribution in [-0.2, 0) is 6.18 Å². The lowest BCUT2D eigenvalue weighted by Crippen LogP contribution is -2.46. The average Bonchev–Trinajstić information content (AvgIpc) is 2.38. The molecule has 2 heterocycles. The van der Waals surface area contributed by atoms with Crippen LogP contribution >= 0.6 is 0 Å². The third-order valence-electron chi connectivity index (χ3n) is 2.66. The molecule has 0 bridgehead atoms. The van der Waals surface area contributed by atoms with Gasteiger partial charge in [-0.1, -0.05) is 6.07 Å². The van der Waals surface area contributed by atoms with Crippen LogP contribution in [0.1, 0.15) is 16.2 Å². The second kappa shape index (κ2) is 4.93. The van der Waals surface area contributed by atoms with Crippen LogP contribution in [0.3, 0.4) is 0 Å². The van der Waals surface area contributed by atoms with Crippen LogP contribution < -0.4 is 5.32 Å². The smallest absolute Gasteiger partial charge is 0.335 e. The number of carbonyl (C=O) groups excluding carboxylic acids is 1. The van der Waals surface area contributed by atoms with E-state index in [1.54, 1.807) is 0 Å². The fourth-order valence-electron chi connectivity index (χ4n) is 1.74. The molecule has 0 saturated carbocycles. The van der Waals surface area contributed by atoms with Gasteiger partial charge in [0.25, 0.3) is 5.91 Å². The van der Waals surface area contributed by atoms with Crippen molar-refractivity contribution in [2.45, 2.75) is 6.18 Å². The maximum absolute atomic E-state index is 12.5. The Kier molecular flexibility index (Phi) is 3.51. The summed E-state index contributed by atoms with van der Waals surface area (Å²) in [7, 11) is 0. The normalized spacial score (nSPS) is 16.7. The lowest BCUT2D eigenvalue weighted by atomic mass is 10.2. The molecule has 18 heavy (non-hydrogen) atoms. The molecule has 0 unspecified atom stereocenters. The van der Waals surface area contributed by atoms with Gasteiger partial charge in [0.1, 0.15) is 11.4 Å². The SMILES string of the molecule is O=C(c1cccc(C(F)(F)F)n1)N1CCNCC1. The number of alkyl halides is 3.